The molecule has 1 aromatic carbocycles. The quantitative estimate of drug-likeness (QED) is 0.665. The Morgan fingerprint density at radius 3 is 2.47 bits per heavy atom. The lowest BCUT2D eigenvalue weighted by atomic mass is 9.91. The van der Waals surface area contributed by atoms with Gasteiger partial charge >= 0.3 is 0 Å². The van der Waals surface area contributed by atoms with E-state index in [0.29, 0.717) is 24.2 Å². The Hall–Kier alpha value is -1.93. The number of hydrogen-bond acceptors (Lipinski definition) is 4. The summed E-state index contributed by atoms with van der Waals surface area (Å²) in [6.45, 7) is 8.61. The molecule has 1 saturated heterocycles. The van der Waals surface area contributed by atoms with Crippen molar-refractivity contribution < 1.29 is 18.0 Å². The van der Waals surface area contributed by atoms with Crippen molar-refractivity contribution in [1.82, 2.24) is 14.5 Å². The van der Waals surface area contributed by atoms with Crippen LogP contribution < -0.4 is 5.32 Å². The van der Waals surface area contributed by atoms with Gasteiger partial charge in [0.2, 0.25) is 15.9 Å². The molecule has 0 aromatic heterocycles. The van der Waals surface area contributed by atoms with Crippen LogP contribution in [0.1, 0.15) is 61.0 Å². The van der Waals surface area contributed by atoms with Gasteiger partial charge in [0.15, 0.2) is 0 Å². The smallest absolute Gasteiger partial charge is 0.254 e. The van der Waals surface area contributed by atoms with Gasteiger partial charge in [-0.25, -0.2) is 12.7 Å². The van der Waals surface area contributed by atoms with Crippen LogP contribution in [0.2, 0.25) is 0 Å². The number of piperidine rings is 1. The number of sulfonamides is 1. The van der Waals surface area contributed by atoms with E-state index >= 15 is 0 Å². The van der Waals surface area contributed by atoms with Crippen LogP contribution >= 0.6 is 0 Å². The second-order valence-corrected chi connectivity index (χ2v) is 10.5. The number of aryl methyl sites for hydroxylation is 1. The monoisotopic (exact) mass is 437 g/mol. The van der Waals surface area contributed by atoms with E-state index in [1.807, 2.05) is 13.8 Å². The molecule has 1 aromatic rings. The van der Waals surface area contributed by atoms with Gasteiger partial charge in [0.1, 0.15) is 0 Å². The molecule has 168 valence electrons. The van der Waals surface area contributed by atoms with Crippen LogP contribution in [0.3, 0.4) is 0 Å². The maximum atomic E-state index is 13.3. The molecule has 30 heavy (non-hydrogen) atoms. The maximum absolute atomic E-state index is 13.3. The number of nitrogens with one attached hydrogen (secondary N) is 1. The Morgan fingerprint density at radius 2 is 1.87 bits per heavy atom. The molecule has 1 N–H and O–H groups in total. The Kier molecular flexibility index (Phi) is 8.05. The largest absolute Gasteiger partial charge is 0.356 e. The van der Waals surface area contributed by atoms with Crippen LogP contribution in [0, 0.1) is 19.8 Å². The van der Waals surface area contributed by atoms with E-state index in [4.69, 9.17) is 0 Å². The number of amides is 2. The van der Waals surface area contributed by atoms with Crippen LogP contribution in [0.5, 0.6) is 0 Å². The molecule has 0 spiro atoms. The van der Waals surface area contributed by atoms with Gasteiger partial charge in [0.05, 0.1) is 10.8 Å². The number of likely N-dealkylation sites (tertiary alicyclic amines) is 1. The number of rotatable bonds is 7. The Labute approximate surface area is 180 Å². The van der Waals surface area contributed by atoms with Crippen LogP contribution in [-0.2, 0) is 14.8 Å². The lowest BCUT2D eigenvalue weighted by molar-refractivity contribution is -0.126. The topological polar surface area (TPSA) is 86.8 Å². The number of benzene rings is 1. The van der Waals surface area contributed by atoms with E-state index in [0.717, 1.165) is 35.6 Å². The Balaban J connectivity index is 2.30. The third-order valence-electron chi connectivity index (χ3n) is 5.97. The summed E-state index contributed by atoms with van der Waals surface area (Å²) in [7, 11) is -0.710. The lowest BCUT2D eigenvalue weighted by Gasteiger charge is -2.37. The van der Waals surface area contributed by atoms with Gasteiger partial charge in [-0.05, 0) is 63.3 Å². The van der Waals surface area contributed by atoms with E-state index in [-0.39, 0.29) is 28.7 Å². The van der Waals surface area contributed by atoms with Gasteiger partial charge in [-0.2, -0.15) is 0 Å². The molecule has 0 radical (unpaired) electrons. The fourth-order valence-electron chi connectivity index (χ4n) is 3.72. The number of unbranched alkanes of at least 4 members (excludes halogenated alkanes) is 1. The minimum absolute atomic E-state index is 0.00675. The molecule has 2 amide bonds. The molecule has 1 heterocycles. The maximum Gasteiger partial charge on any atom is 0.254 e. The van der Waals surface area contributed by atoms with E-state index in [1.54, 1.807) is 17.9 Å². The predicted molar refractivity (Wildman–Crippen MR) is 118 cm³/mol. The zero-order valence-electron chi connectivity index (χ0n) is 19.0. The van der Waals surface area contributed by atoms with Crippen molar-refractivity contribution in [2.75, 3.05) is 27.2 Å². The fourth-order valence-corrected chi connectivity index (χ4v) is 4.93. The van der Waals surface area contributed by atoms with E-state index in [1.165, 1.54) is 20.2 Å². The van der Waals surface area contributed by atoms with Gasteiger partial charge in [-0.1, -0.05) is 13.3 Å². The summed E-state index contributed by atoms with van der Waals surface area (Å²) in [5, 5.41) is 2.96. The molecule has 1 aliphatic heterocycles. The Bertz CT molecular complexity index is 896. The highest BCUT2D eigenvalue weighted by molar-refractivity contribution is 7.89. The SMILES string of the molecule is CCCCNC(=O)C1CCC(C)N(C(=O)c2cc(C)c(C)c(S(=O)(=O)N(C)C)c2)C1. The number of hydrogen-bond donors (Lipinski definition) is 1. The van der Waals surface area contributed by atoms with Crippen LogP contribution in [0.4, 0.5) is 0 Å². The van der Waals surface area contributed by atoms with E-state index < -0.39 is 10.0 Å². The second kappa shape index (κ2) is 9.92. The standard InChI is InChI=1S/C22H35N3O4S/c1-7-8-11-23-21(26)18-10-9-16(3)25(14-18)22(27)19-12-15(2)17(4)20(13-19)30(28,29)24(5)6/h12-13,16,18H,7-11,14H2,1-6H3,(H,23,26). The summed E-state index contributed by atoms with van der Waals surface area (Å²) >= 11 is 0. The zero-order valence-corrected chi connectivity index (χ0v) is 19.8. The summed E-state index contributed by atoms with van der Waals surface area (Å²) < 4.78 is 26.6. The molecule has 2 unspecified atom stereocenters. The van der Waals surface area contributed by atoms with Gasteiger partial charge in [0, 0.05) is 38.8 Å². The minimum Gasteiger partial charge on any atom is -0.356 e. The summed E-state index contributed by atoms with van der Waals surface area (Å²) in [5.41, 5.74) is 1.73. The summed E-state index contributed by atoms with van der Waals surface area (Å²) in [6.07, 6.45) is 3.43. The summed E-state index contributed by atoms with van der Waals surface area (Å²) in [6, 6.07) is 3.20. The highest BCUT2D eigenvalue weighted by Crippen LogP contribution is 2.27. The van der Waals surface area contributed by atoms with Gasteiger partial charge < -0.3 is 10.2 Å². The molecule has 8 heteroatoms. The van der Waals surface area contributed by atoms with Crippen molar-refractivity contribution in [2.45, 2.75) is 64.3 Å². The first-order valence-corrected chi connectivity index (χ1v) is 12.1. The second-order valence-electron chi connectivity index (χ2n) is 8.43. The average molecular weight is 438 g/mol. The van der Waals surface area contributed by atoms with Crippen molar-refractivity contribution in [3.05, 3.63) is 28.8 Å². The fraction of sp³-hybridized carbons (Fsp3) is 0.636. The predicted octanol–water partition coefficient (Wildman–Crippen LogP) is 2.71. The van der Waals surface area contributed by atoms with Gasteiger partial charge in [-0.3, -0.25) is 9.59 Å². The van der Waals surface area contributed by atoms with Crippen molar-refractivity contribution in [3.8, 4) is 0 Å². The first kappa shape index (κ1) is 24.3. The van der Waals surface area contributed by atoms with Crippen molar-refractivity contribution in [3.63, 3.8) is 0 Å². The molecule has 0 aliphatic carbocycles. The molecular formula is C22H35N3O4S. The molecule has 2 rings (SSSR count). The van der Waals surface area contributed by atoms with Crippen LogP contribution in [0.15, 0.2) is 17.0 Å². The average Bonchev–Trinajstić information content (AvgIpc) is 2.69. The van der Waals surface area contributed by atoms with Gasteiger partial charge in [-0.15, -0.1) is 0 Å². The molecule has 7 nitrogen and oxygen atoms in total. The third kappa shape index (κ3) is 5.21. The zero-order chi connectivity index (χ0) is 22.6. The highest BCUT2D eigenvalue weighted by Gasteiger charge is 2.34. The van der Waals surface area contributed by atoms with Crippen molar-refractivity contribution in [2.24, 2.45) is 5.92 Å². The number of nitrogens with zero attached hydrogens (tertiary/aromatic N) is 2. The highest BCUT2D eigenvalue weighted by atomic mass is 32.2. The molecular weight excluding hydrogens is 402 g/mol. The van der Waals surface area contributed by atoms with E-state index in [9.17, 15) is 18.0 Å². The first-order chi connectivity index (χ1) is 14.0. The lowest BCUT2D eigenvalue weighted by Crippen LogP contribution is -2.49. The Morgan fingerprint density at radius 1 is 1.20 bits per heavy atom. The molecule has 2 atom stereocenters. The molecule has 0 bridgehead atoms. The third-order valence-corrected chi connectivity index (χ3v) is 7.91. The van der Waals surface area contributed by atoms with Crippen molar-refractivity contribution >= 4 is 21.8 Å². The minimum atomic E-state index is -3.67. The molecule has 0 saturated carbocycles. The van der Waals surface area contributed by atoms with Crippen LogP contribution in [-0.4, -0.2) is 62.7 Å². The number of carbonyl (C=O) groups is 2. The first-order valence-electron chi connectivity index (χ1n) is 10.6. The van der Waals surface area contributed by atoms with Crippen molar-refractivity contribution in [1.29, 1.82) is 0 Å². The number of carbonyl (C=O) groups excluding carboxylic acids is 2. The summed E-state index contributed by atoms with van der Waals surface area (Å²) in [5.74, 6) is -0.477. The summed E-state index contributed by atoms with van der Waals surface area (Å²) in [4.78, 5) is 27.7. The van der Waals surface area contributed by atoms with Crippen LogP contribution in [0.25, 0.3) is 0 Å². The normalized spacial score (nSPS) is 19.8. The van der Waals surface area contributed by atoms with Gasteiger partial charge in [0.25, 0.3) is 5.91 Å². The van der Waals surface area contributed by atoms with E-state index in [2.05, 4.69) is 12.2 Å². The molecule has 1 aliphatic rings. The molecule has 1 fully saturated rings.